The van der Waals surface area contributed by atoms with E-state index in [0.717, 1.165) is 0 Å². The minimum atomic E-state index is 0.228. The van der Waals surface area contributed by atoms with Crippen LogP contribution in [0.3, 0.4) is 0 Å². The molecule has 0 aliphatic carbocycles. The summed E-state index contributed by atoms with van der Waals surface area (Å²) in [4.78, 5) is 4.24. The molecule has 0 aliphatic heterocycles. The van der Waals surface area contributed by atoms with Crippen LogP contribution in [0.4, 0.5) is 5.69 Å². The van der Waals surface area contributed by atoms with Crippen molar-refractivity contribution in [1.29, 1.82) is 0 Å². The zero-order valence-electron chi connectivity index (χ0n) is 10.9. The van der Waals surface area contributed by atoms with Gasteiger partial charge in [-0.2, -0.15) is 4.98 Å². The van der Waals surface area contributed by atoms with Gasteiger partial charge >= 0.3 is 0 Å². The molecule has 3 aromatic rings. The topological polar surface area (TPSA) is 100.0 Å². The number of aromatic nitrogens is 4. The van der Waals surface area contributed by atoms with Crippen molar-refractivity contribution in [3.8, 4) is 28.9 Å². The number of ether oxygens (including phenoxy) is 1. The van der Waals surface area contributed by atoms with Crippen LogP contribution < -0.4 is 10.5 Å². The van der Waals surface area contributed by atoms with Crippen molar-refractivity contribution in [2.24, 2.45) is 0 Å². The lowest BCUT2D eigenvalue weighted by molar-refractivity contribution is 0.392. The number of rotatable bonds is 3. The van der Waals surface area contributed by atoms with Crippen molar-refractivity contribution in [2.45, 2.75) is 0 Å². The van der Waals surface area contributed by atoms with Gasteiger partial charge in [0.2, 0.25) is 11.7 Å². The average molecular weight is 304 g/mol. The Bertz CT molecular complexity index is 752. The molecule has 2 N–H and O–H groups in total. The van der Waals surface area contributed by atoms with Gasteiger partial charge in [0.05, 0.1) is 17.7 Å². The maximum absolute atomic E-state index is 6.11. The van der Waals surface area contributed by atoms with Crippen LogP contribution in [0.5, 0.6) is 5.88 Å². The average Bonchev–Trinajstić information content (AvgIpc) is 2.97. The molecule has 7 nitrogen and oxygen atoms in total. The number of benzene rings is 1. The maximum atomic E-state index is 6.11. The smallest absolute Gasteiger partial charge is 0.261 e. The predicted molar refractivity (Wildman–Crippen MR) is 76.7 cm³/mol. The van der Waals surface area contributed by atoms with Gasteiger partial charge < -0.3 is 15.0 Å². The van der Waals surface area contributed by atoms with Crippen LogP contribution in [0.2, 0.25) is 5.02 Å². The molecule has 2 aromatic heterocycles. The number of nitrogens with two attached hydrogens (primary N) is 1. The molecule has 0 spiro atoms. The third-order valence-electron chi connectivity index (χ3n) is 2.76. The number of methoxy groups -OCH3 is 1. The molecule has 0 saturated heterocycles. The third kappa shape index (κ3) is 2.50. The molecule has 21 heavy (non-hydrogen) atoms. The van der Waals surface area contributed by atoms with Gasteiger partial charge in [-0.25, -0.2) is 0 Å². The zero-order valence-corrected chi connectivity index (χ0v) is 11.7. The van der Waals surface area contributed by atoms with Gasteiger partial charge in [-0.1, -0.05) is 22.8 Å². The second-order valence-electron chi connectivity index (χ2n) is 4.09. The second-order valence-corrected chi connectivity index (χ2v) is 4.50. The lowest BCUT2D eigenvalue weighted by atomic mass is 10.2. The molecule has 0 unspecified atom stereocenters. The fourth-order valence-corrected chi connectivity index (χ4v) is 2.01. The summed E-state index contributed by atoms with van der Waals surface area (Å²) >= 11 is 6.11. The summed E-state index contributed by atoms with van der Waals surface area (Å²) in [7, 11) is 1.51. The monoisotopic (exact) mass is 303 g/mol. The van der Waals surface area contributed by atoms with Crippen LogP contribution in [0.1, 0.15) is 0 Å². The molecule has 0 radical (unpaired) electrons. The Kier molecular flexibility index (Phi) is 3.41. The summed E-state index contributed by atoms with van der Waals surface area (Å²) in [5, 5.41) is 12.1. The van der Waals surface area contributed by atoms with E-state index in [-0.39, 0.29) is 5.89 Å². The highest BCUT2D eigenvalue weighted by Crippen LogP contribution is 2.32. The van der Waals surface area contributed by atoms with Gasteiger partial charge in [0.25, 0.3) is 5.89 Å². The van der Waals surface area contributed by atoms with Crippen LogP contribution in [0.25, 0.3) is 23.0 Å². The van der Waals surface area contributed by atoms with E-state index in [2.05, 4.69) is 20.3 Å². The molecule has 106 valence electrons. The molecule has 1 aromatic carbocycles. The fourth-order valence-electron chi connectivity index (χ4n) is 1.74. The molecule has 0 atom stereocenters. The van der Waals surface area contributed by atoms with Gasteiger partial charge in [0, 0.05) is 11.8 Å². The molecular weight excluding hydrogens is 294 g/mol. The highest BCUT2D eigenvalue weighted by atomic mass is 35.5. The van der Waals surface area contributed by atoms with E-state index in [1.54, 1.807) is 30.3 Å². The summed E-state index contributed by atoms with van der Waals surface area (Å²) in [6, 6.07) is 8.48. The molecule has 3 rings (SSSR count). The van der Waals surface area contributed by atoms with Gasteiger partial charge in [0.15, 0.2) is 0 Å². The lowest BCUT2D eigenvalue weighted by Gasteiger charge is -2.01. The Morgan fingerprint density at radius 1 is 1.19 bits per heavy atom. The number of anilines is 1. The summed E-state index contributed by atoms with van der Waals surface area (Å²) in [6.45, 7) is 0. The lowest BCUT2D eigenvalue weighted by Crippen LogP contribution is -1.93. The molecular formula is C13H10ClN5O2. The number of hydrogen-bond donors (Lipinski definition) is 1. The summed E-state index contributed by atoms with van der Waals surface area (Å²) in [5.41, 5.74) is 7.29. The molecule has 0 bridgehead atoms. The summed E-state index contributed by atoms with van der Waals surface area (Å²) in [6.07, 6.45) is 0. The first-order valence-electron chi connectivity index (χ1n) is 5.95. The molecule has 2 heterocycles. The van der Waals surface area contributed by atoms with E-state index in [4.69, 9.17) is 26.6 Å². The number of nitrogens with zero attached hydrogens (tertiary/aromatic N) is 4. The van der Waals surface area contributed by atoms with E-state index in [1.807, 2.05) is 0 Å². The maximum Gasteiger partial charge on any atom is 0.261 e. The Hall–Kier alpha value is -2.67. The minimum Gasteiger partial charge on any atom is -0.480 e. The normalized spacial score (nSPS) is 10.6. The van der Waals surface area contributed by atoms with Crippen molar-refractivity contribution in [3.05, 3.63) is 35.4 Å². The second kappa shape index (κ2) is 5.37. The SMILES string of the molecule is COc1ccc(-c2noc(-c3c(N)cccc3Cl)n2)nn1. The summed E-state index contributed by atoms with van der Waals surface area (Å²) in [5.74, 6) is 0.919. The largest absolute Gasteiger partial charge is 0.480 e. The van der Waals surface area contributed by atoms with Crippen LogP contribution >= 0.6 is 11.6 Å². The van der Waals surface area contributed by atoms with E-state index in [0.29, 0.717) is 33.7 Å². The summed E-state index contributed by atoms with van der Waals surface area (Å²) < 4.78 is 10.1. The van der Waals surface area contributed by atoms with Crippen molar-refractivity contribution in [1.82, 2.24) is 20.3 Å². The zero-order chi connectivity index (χ0) is 14.8. The van der Waals surface area contributed by atoms with Crippen molar-refractivity contribution in [2.75, 3.05) is 12.8 Å². The first kappa shape index (κ1) is 13.3. The molecule has 0 fully saturated rings. The standard InChI is InChI=1S/C13H10ClN5O2/c1-20-10-6-5-9(17-18-10)12-16-13(21-19-12)11-7(14)3-2-4-8(11)15/h2-6H,15H2,1H3. The molecule has 0 saturated carbocycles. The molecule has 0 aliphatic rings. The Labute approximate surface area is 124 Å². The van der Waals surface area contributed by atoms with Crippen LogP contribution in [-0.4, -0.2) is 27.4 Å². The van der Waals surface area contributed by atoms with E-state index < -0.39 is 0 Å². The van der Waals surface area contributed by atoms with Crippen molar-refractivity contribution < 1.29 is 9.26 Å². The van der Waals surface area contributed by atoms with Gasteiger partial charge in [-0.3, -0.25) is 0 Å². The Morgan fingerprint density at radius 3 is 2.71 bits per heavy atom. The predicted octanol–water partition coefficient (Wildman–Crippen LogP) is 2.44. The number of halogens is 1. The Morgan fingerprint density at radius 2 is 2.05 bits per heavy atom. The number of hydrogen-bond acceptors (Lipinski definition) is 7. The number of nitrogen functional groups attached to an aromatic ring is 1. The quantitative estimate of drug-likeness (QED) is 0.742. The van der Waals surface area contributed by atoms with Crippen molar-refractivity contribution >= 4 is 17.3 Å². The van der Waals surface area contributed by atoms with E-state index >= 15 is 0 Å². The highest BCUT2D eigenvalue weighted by Gasteiger charge is 2.17. The fraction of sp³-hybridized carbons (Fsp3) is 0.0769. The first-order valence-corrected chi connectivity index (χ1v) is 6.33. The first-order chi connectivity index (χ1) is 10.2. The van der Waals surface area contributed by atoms with Crippen molar-refractivity contribution in [3.63, 3.8) is 0 Å². The minimum absolute atomic E-state index is 0.228. The van der Waals surface area contributed by atoms with Crippen LogP contribution in [-0.2, 0) is 0 Å². The molecule has 0 amide bonds. The van der Waals surface area contributed by atoms with Gasteiger partial charge in [-0.05, 0) is 18.2 Å². The van der Waals surface area contributed by atoms with E-state index in [1.165, 1.54) is 7.11 Å². The van der Waals surface area contributed by atoms with Gasteiger partial charge in [0.1, 0.15) is 5.69 Å². The van der Waals surface area contributed by atoms with Crippen LogP contribution in [0, 0.1) is 0 Å². The third-order valence-corrected chi connectivity index (χ3v) is 3.08. The van der Waals surface area contributed by atoms with Gasteiger partial charge in [-0.15, -0.1) is 10.2 Å². The highest BCUT2D eigenvalue weighted by molar-refractivity contribution is 6.33. The van der Waals surface area contributed by atoms with E-state index in [9.17, 15) is 0 Å². The molecule has 8 heteroatoms. The Balaban J connectivity index is 1.99. The van der Waals surface area contributed by atoms with Crippen LogP contribution in [0.15, 0.2) is 34.9 Å².